The average molecular weight is 433 g/mol. The molecule has 0 bridgehead atoms. The van der Waals surface area contributed by atoms with E-state index in [-0.39, 0.29) is 17.8 Å². The highest BCUT2D eigenvalue weighted by atomic mass is 19.1. The molecule has 0 radical (unpaired) electrons. The number of fused-ring (bicyclic) bond motifs is 2. The Morgan fingerprint density at radius 3 is 2.72 bits per heavy atom. The molecule has 4 nitrogen and oxygen atoms in total. The third kappa shape index (κ3) is 4.27. The van der Waals surface area contributed by atoms with Crippen LogP contribution in [-0.4, -0.2) is 37.0 Å². The zero-order valence-electron chi connectivity index (χ0n) is 18.2. The summed E-state index contributed by atoms with van der Waals surface area (Å²) in [6, 6.07) is 17.1. The first-order valence-corrected chi connectivity index (χ1v) is 11.5. The molecule has 3 aromatic carbocycles. The van der Waals surface area contributed by atoms with Crippen molar-refractivity contribution in [1.29, 1.82) is 0 Å². The molecule has 2 N–H and O–H groups in total. The normalized spacial score (nSPS) is 19.7. The van der Waals surface area contributed by atoms with E-state index in [0.717, 1.165) is 50.7 Å². The molecule has 1 fully saturated rings. The number of hydrogen-bond donors (Lipinski definition) is 1. The van der Waals surface area contributed by atoms with Gasteiger partial charge in [-0.3, -0.25) is 4.79 Å². The molecule has 166 valence electrons. The maximum absolute atomic E-state index is 13.6. The van der Waals surface area contributed by atoms with Crippen LogP contribution in [0.5, 0.6) is 0 Å². The molecular formula is C27H29FN2O2. The second-order valence-electron chi connectivity index (χ2n) is 9.00. The first-order valence-electron chi connectivity index (χ1n) is 11.5. The molecule has 1 unspecified atom stereocenters. The van der Waals surface area contributed by atoms with Crippen LogP contribution in [-0.2, 0) is 11.2 Å². The van der Waals surface area contributed by atoms with E-state index in [1.54, 1.807) is 12.1 Å². The number of halogens is 1. The molecule has 0 saturated carbocycles. The number of likely N-dealkylation sites (tertiary alicyclic amines) is 1. The van der Waals surface area contributed by atoms with E-state index in [1.807, 2.05) is 36.4 Å². The molecule has 5 heteroatoms. The Bertz CT molecular complexity index is 1140. The molecule has 3 aromatic rings. The summed E-state index contributed by atoms with van der Waals surface area (Å²) in [5, 5.41) is 2.16. The van der Waals surface area contributed by atoms with Gasteiger partial charge >= 0.3 is 0 Å². The number of amides is 1. The number of benzene rings is 3. The Hall–Kier alpha value is -2.76. The number of rotatable bonds is 5. The lowest BCUT2D eigenvalue weighted by atomic mass is 9.86. The van der Waals surface area contributed by atoms with Crippen molar-refractivity contribution in [3.63, 3.8) is 0 Å². The molecule has 1 atom stereocenters. The predicted molar refractivity (Wildman–Crippen MR) is 124 cm³/mol. The van der Waals surface area contributed by atoms with Crippen molar-refractivity contribution >= 4 is 16.7 Å². The number of primary amides is 1. The number of carbonyl (C=O) groups excluding carboxylic acids is 1. The van der Waals surface area contributed by atoms with Crippen molar-refractivity contribution in [2.45, 2.75) is 37.7 Å². The summed E-state index contributed by atoms with van der Waals surface area (Å²) in [6.07, 6.45) is 4.07. The zero-order valence-corrected chi connectivity index (χ0v) is 18.2. The highest BCUT2D eigenvalue weighted by Crippen LogP contribution is 2.35. The van der Waals surface area contributed by atoms with Gasteiger partial charge in [0.1, 0.15) is 5.82 Å². The third-order valence-corrected chi connectivity index (χ3v) is 7.08. The van der Waals surface area contributed by atoms with Crippen LogP contribution in [0.4, 0.5) is 4.39 Å². The van der Waals surface area contributed by atoms with Crippen LogP contribution in [0.2, 0.25) is 0 Å². The van der Waals surface area contributed by atoms with Crippen LogP contribution in [0.1, 0.15) is 58.3 Å². The molecule has 2 aliphatic rings. The Kier molecular flexibility index (Phi) is 5.94. The highest BCUT2D eigenvalue weighted by molar-refractivity contribution is 5.93. The van der Waals surface area contributed by atoms with E-state index in [4.69, 9.17) is 10.5 Å². The number of hydrogen-bond acceptors (Lipinski definition) is 3. The first kappa shape index (κ1) is 21.1. The molecule has 0 spiro atoms. The Balaban J connectivity index is 1.20. The van der Waals surface area contributed by atoms with Crippen molar-refractivity contribution in [3.05, 3.63) is 82.7 Å². The number of piperidine rings is 1. The van der Waals surface area contributed by atoms with Crippen LogP contribution in [0.3, 0.4) is 0 Å². The van der Waals surface area contributed by atoms with Crippen LogP contribution in [0, 0.1) is 5.82 Å². The third-order valence-electron chi connectivity index (χ3n) is 7.08. The highest BCUT2D eigenvalue weighted by Gasteiger charge is 2.25. The predicted octanol–water partition coefficient (Wildman–Crippen LogP) is 4.96. The van der Waals surface area contributed by atoms with E-state index in [1.165, 1.54) is 22.1 Å². The van der Waals surface area contributed by atoms with Gasteiger partial charge in [-0.05, 0) is 96.4 Å². The summed E-state index contributed by atoms with van der Waals surface area (Å²) in [7, 11) is 0. The fourth-order valence-corrected chi connectivity index (χ4v) is 5.33. The lowest BCUT2D eigenvalue weighted by Crippen LogP contribution is -2.35. The summed E-state index contributed by atoms with van der Waals surface area (Å²) < 4.78 is 19.7. The smallest absolute Gasteiger partial charge is 0.248 e. The molecule has 1 amide bonds. The topological polar surface area (TPSA) is 55.6 Å². The minimum absolute atomic E-state index is 0.0753. The van der Waals surface area contributed by atoms with Crippen LogP contribution in [0.25, 0.3) is 10.8 Å². The standard InChI is InChI=1S/C27H29FN2O2/c28-22-5-7-24-19(17-22)2-1-3-23(24)18-8-12-30(13-9-18)14-10-26-25-6-4-21(27(29)31)16-20(25)11-15-32-26/h1-7,16-18,26H,8-15H2,(H2,29,31). The van der Waals surface area contributed by atoms with Crippen LogP contribution in [0.15, 0.2) is 54.6 Å². The quantitative estimate of drug-likeness (QED) is 0.620. The van der Waals surface area contributed by atoms with Gasteiger partial charge in [-0.15, -0.1) is 0 Å². The molecule has 0 aliphatic carbocycles. The molecule has 32 heavy (non-hydrogen) atoms. The number of ether oxygens (including phenoxy) is 1. The fraction of sp³-hybridized carbons (Fsp3) is 0.370. The van der Waals surface area contributed by atoms with Gasteiger partial charge in [-0.2, -0.15) is 0 Å². The first-order chi connectivity index (χ1) is 15.6. The maximum atomic E-state index is 13.6. The van der Waals surface area contributed by atoms with Gasteiger partial charge in [0.05, 0.1) is 12.7 Å². The molecule has 5 rings (SSSR count). The van der Waals surface area contributed by atoms with E-state index < -0.39 is 0 Å². The van der Waals surface area contributed by atoms with Crippen molar-refractivity contribution in [2.75, 3.05) is 26.2 Å². The van der Waals surface area contributed by atoms with Gasteiger partial charge in [0.25, 0.3) is 0 Å². The number of carbonyl (C=O) groups is 1. The lowest BCUT2D eigenvalue weighted by molar-refractivity contribution is 0.0275. The van der Waals surface area contributed by atoms with Gasteiger partial charge < -0.3 is 15.4 Å². The Labute approximate surface area is 188 Å². The minimum atomic E-state index is -0.380. The van der Waals surface area contributed by atoms with Gasteiger partial charge in [-0.1, -0.05) is 30.3 Å². The Morgan fingerprint density at radius 2 is 1.91 bits per heavy atom. The molecule has 2 heterocycles. The van der Waals surface area contributed by atoms with E-state index in [2.05, 4.69) is 11.0 Å². The second-order valence-corrected chi connectivity index (χ2v) is 9.00. The minimum Gasteiger partial charge on any atom is -0.373 e. The molecule has 0 aromatic heterocycles. The van der Waals surface area contributed by atoms with E-state index >= 15 is 0 Å². The summed E-state index contributed by atoms with van der Waals surface area (Å²) in [5.74, 6) is -0.0452. The van der Waals surface area contributed by atoms with Gasteiger partial charge in [0.15, 0.2) is 0 Å². The largest absolute Gasteiger partial charge is 0.373 e. The van der Waals surface area contributed by atoms with Gasteiger partial charge in [0.2, 0.25) is 5.91 Å². The SMILES string of the molecule is NC(=O)c1ccc2c(c1)CCOC2CCN1CCC(c2cccc3cc(F)ccc23)CC1. The summed E-state index contributed by atoms with van der Waals surface area (Å²) in [5.41, 5.74) is 9.73. The maximum Gasteiger partial charge on any atom is 0.248 e. The zero-order chi connectivity index (χ0) is 22.1. The molecule has 1 saturated heterocycles. The van der Waals surface area contributed by atoms with E-state index in [9.17, 15) is 9.18 Å². The second kappa shape index (κ2) is 9.00. The summed E-state index contributed by atoms with van der Waals surface area (Å²) >= 11 is 0. The fourth-order valence-electron chi connectivity index (χ4n) is 5.33. The average Bonchev–Trinajstić information content (AvgIpc) is 2.82. The molecule has 2 aliphatic heterocycles. The van der Waals surface area contributed by atoms with Gasteiger partial charge in [-0.25, -0.2) is 4.39 Å². The number of nitrogens with zero attached hydrogens (tertiary/aromatic N) is 1. The number of nitrogens with two attached hydrogens (primary N) is 1. The lowest BCUT2D eigenvalue weighted by Gasteiger charge is -2.34. The van der Waals surface area contributed by atoms with Crippen molar-refractivity contribution in [3.8, 4) is 0 Å². The van der Waals surface area contributed by atoms with Crippen molar-refractivity contribution < 1.29 is 13.9 Å². The Morgan fingerprint density at radius 1 is 1.06 bits per heavy atom. The summed E-state index contributed by atoms with van der Waals surface area (Å²) in [6.45, 7) is 3.80. The van der Waals surface area contributed by atoms with Crippen LogP contribution < -0.4 is 5.73 Å². The monoisotopic (exact) mass is 432 g/mol. The van der Waals surface area contributed by atoms with Crippen molar-refractivity contribution in [1.82, 2.24) is 4.90 Å². The van der Waals surface area contributed by atoms with Crippen LogP contribution >= 0.6 is 0 Å². The molecular weight excluding hydrogens is 403 g/mol. The van der Waals surface area contributed by atoms with E-state index in [0.29, 0.717) is 18.1 Å². The van der Waals surface area contributed by atoms with Gasteiger partial charge in [0, 0.05) is 12.1 Å². The van der Waals surface area contributed by atoms with Crippen molar-refractivity contribution in [2.24, 2.45) is 5.73 Å². The summed E-state index contributed by atoms with van der Waals surface area (Å²) in [4.78, 5) is 14.0.